The third kappa shape index (κ3) is 4.38. The summed E-state index contributed by atoms with van der Waals surface area (Å²) in [5.74, 6) is -1.56. The van der Waals surface area contributed by atoms with Crippen molar-refractivity contribution in [3.05, 3.63) is 81.9 Å². The van der Waals surface area contributed by atoms with Crippen LogP contribution in [-0.2, 0) is 23.9 Å². The van der Waals surface area contributed by atoms with E-state index in [0.717, 1.165) is 10.5 Å². The highest BCUT2D eigenvalue weighted by Gasteiger charge is 2.56. The Kier molecular flexibility index (Phi) is 6.10. The quantitative estimate of drug-likeness (QED) is 0.276. The summed E-state index contributed by atoms with van der Waals surface area (Å²) in [5.41, 5.74) is 0.748. The number of nitrogens with zero attached hydrogens (tertiary/aromatic N) is 1. The van der Waals surface area contributed by atoms with Crippen molar-refractivity contribution in [2.24, 2.45) is 0 Å². The predicted octanol–water partition coefficient (Wildman–Crippen LogP) is 2.51. The molecule has 0 radical (unpaired) electrons. The van der Waals surface area contributed by atoms with Crippen LogP contribution in [0.2, 0.25) is 0 Å². The molecular weight excluding hydrogens is 510 g/mol. The van der Waals surface area contributed by atoms with Gasteiger partial charge in [-0.25, -0.2) is 13.8 Å². The molecule has 0 bridgehead atoms. The molecule has 0 aliphatic carbocycles. The fraction of sp³-hybridized carbons (Fsp3) is 0.208. The SMILES string of the molecule is Cc1ccc(S(=O)(=O)O[C@H]2C(=O)N3C(C(=O)O)=C(COc4ccc5ccc(=O)oc5c4)CS[C@H]23)cc1. The van der Waals surface area contributed by atoms with Crippen molar-refractivity contribution >= 4 is 44.7 Å². The summed E-state index contributed by atoms with van der Waals surface area (Å²) in [6.45, 7) is 1.67. The number of β-lactam (4-membered cyclic amide) rings is 1. The van der Waals surface area contributed by atoms with Gasteiger partial charge in [-0.2, -0.15) is 8.42 Å². The summed E-state index contributed by atoms with van der Waals surface area (Å²) in [5, 5.41) is 9.71. The number of rotatable bonds is 7. The minimum atomic E-state index is -4.22. The average Bonchev–Trinajstić information content (AvgIpc) is 2.85. The lowest BCUT2D eigenvalue weighted by Crippen LogP contribution is -2.66. The van der Waals surface area contributed by atoms with Crippen LogP contribution in [0.15, 0.2) is 80.0 Å². The van der Waals surface area contributed by atoms with Gasteiger partial charge in [0, 0.05) is 28.8 Å². The van der Waals surface area contributed by atoms with Gasteiger partial charge in [-0.1, -0.05) is 17.7 Å². The lowest BCUT2D eigenvalue weighted by atomic mass is 10.1. The second kappa shape index (κ2) is 9.12. The Hall–Kier alpha value is -3.61. The molecule has 2 atom stereocenters. The number of thioether (sulfide) groups is 1. The van der Waals surface area contributed by atoms with Crippen molar-refractivity contribution in [3.63, 3.8) is 0 Å². The number of carbonyl (C=O) groups excluding carboxylic acids is 1. The van der Waals surface area contributed by atoms with Gasteiger partial charge < -0.3 is 14.3 Å². The molecule has 12 heteroatoms. The Balaban J connectivity index is 1.34. The molecule has 36 heavy (non-hydrogen) atoms. The molecule has 2 aliphatic heterocycles. The van der Waals surface area contributed by atoms with Crippen molar-refractivity contribution in [1.82, 2.24) is 4.90 Å². The average molecular weight is 530 g/mol. The summed E-state index contributed by atoms with van der Waals surface area (Å²) in [6, 6.07) is 13.8. The number of benzene rings is 2. The molecule has 186 valence electrons. The van der Waals surface area contributed by atoms with E-state index in [-0.39, 0.29) is 23.0 Å². The molecule has 0 unspecified atom stereocenters. The number of amides is 1. The molecule has 1 amide bonds. The molecule has 1 N–H and O–H groups in total. The molecule has 2 aromatic carbocycles. The molecule has 1 aromatic heterocycles. The van der Waals surface area contributed by atoms with E-state index in [1.807, 2.05) is 6.92 Å². The minimum absolute atomic E-state index is 0.0885. The topological polar surface area (TPSA) is 140 Å². The maximum atomic E-state index is 12.8. The number of aryl methyl sites for hydroxylation is 1. The zero-order valence-corrected chi connectivity index (χ0v) is 20.4. The summed E-state index contributed by atoms with van der Waals surface area (Å²) in [7, 11) is -4.22. The Morgan fingerprint density at radius 1 is 1.14 bits per heavy atom. The molecule has 10 nitrogen and oxygen atoms in total. The maximum absolute atomic E-state index is 12.8. The van der Waals surface area contributed by atoms with E-state index in [2.05, 4.69) is 0 Å². The number of carboxylic acids is 1. The minimum Gasteiger partial charge on any atom is -0.489 e. The fourth-order valence-electron chi connectivity index (χ4n) is 3.91. The highest BCUT2D eigenvalue weighted by molar-refractivity contribution is 8.00. The summed E-state index contributed by atoms with van der Waals surface area (Å²) in [4.78, 5) is 37.3. The van der Waals surface area contributed by atoms with Crippen LogP contribution in [0.1, 0.15) is 5.56 Å². The van der Waals surface area contributed by atoms with Crippen LogP contribution < -0.4 is 10.4 Å². The maximum Gasteiger partial charge on any atom is 0.352 e. The zero-order valence-electron chi connectivity index (χ0n) is 18.7. The Labute approximate surface area is 209 Å². The van der Waals surface area contributed by atoms with Gasteiger partial charge in [0.15, 0.2) is 6.10 Å². The monoisotopic (exact) mass is 529 g/mol. The van der Waals surface area contributed by atoms with Crippen LogP contribution in [0.25, 0.3) is 11.0 Å². The number of aliphatic carboxylic acids is 1. The Morgan fingerprint density at radius 3 is 2.58 bits per heavy atom. The molecule has 0 saturated carbocycles. The third-order valence-corrected chi connectivity index (χ3v) is 8.37. The van der Waals surface area contributed by atoms with Crippen molar-refractivity contribution < 1.29 is 36.5 Å². The molecule has 3 aromatic rings. The van der Waals surface area contributed by atoms with Gasteiger partial charge in [0.1, 0.15) is 29.0 Å². The van der Waals surface area contributed by atoms with Crippen molar-refractivity contribution in [3.8, 4) is 5.75 Å². The molecule has 5 rings (SSSR count). The Bertz CT molecular complexity index is 1580. The summed E-state index contributed by atoms with van der Waals surface area (Å²) >= 11 is 1.19. The van der Waals surface area contributed by atoms with Gasteiger partial charge >= 0.3 is 11.6 Å². The first-order valence-corrected chi connectivity index (χ1v) is 13.2. The fourth-order valence-corrected chi connectivity index (χ4v) is 6.32. The number of hydrogen-bond acceptors (Lipinski definition) is 9. The van der Waals surface area contributed by atoms with E-state index < -0.39 is 39.1 Å². The molecule has 1 fully saturated rings. The second-order valence-electron chi connectivity index (χ2n) is 8.19. The van der Waals surface area contributed by atoms with Crippen LogP contribution in [0.5, 0.6) is 5.75 Å². The van der Waals surface area contributed by atoms with E-state index in [1.165, 1.54) is 36.0 Å². The lowest BCUT2D eigenvalue weighted by Gasteiger charge is -2.48. The number of hydrogen-bond donors (Lipinski definition) is 1. The van der Waals surface area contributed by atoms with Gasteiger partial charge in [-0.05, 0) is 37.3 Å². The second-order valence-corrected chi connectivity index (χ2v) is 10.9. The molecule has 3 heterocycles. The normalized spacial score (nSPS) is 19.7. The van der Waals surface area contributed by atoms with Gasteiger partial charge in [0.2, 0.25) is 0 Å². The number of ether oxygens (including phenoxy) is 1. The smallest absolute Gasteiger partial charge is 0.352 e. The van der Waals surface area contributed by atoms with Crippen LogP contribution >= 0.6 is 11.8 Å². The van der Waals surface area contributed by atoms with Crippen LogP contribution in [0.3, 0.4) is 0 Å². The van der Waals surface area contributed by atoms with Crippen molar-refractivity contribution in [2.45, 2.75) is 23.3 Å². The highest BCUT2D eigenvalue weighted by Crippen LogP contribution is 2.42. The van der Waals surface area contributed by atoms with Crippen LogP contribution in [-0.4, -0.2) is 54.1 Å². The number of carbonyl (C=O) groups is 2. The van der Waals surface area contributed by atoms with Crippen molar-refractivity contribution in [1.29, 1.82) is 0 Å². The molecular formula is C24H19NO9S2. The van der Waals surface area contributed by atoms with E-state index >= 15 is 0 Å². The van der Waals surface area contributed by atoms with Gasteiger partial charge in [-0.3, -0.25) is 9.69 Å². The molecule has 1 saturated heterocycles. The van der Waals surface area contributed by atoms with Gasteiger partial charge in [-0.15, -0.1) is 11.8 Å². The van der Waals surface area contributed by atoms with Gasteiger partial charge in [0.05, 0.1) is 4.90 Å². The van der Waals surface area contributed by atoms with Crippen molar-refractivity contribution in [2.75, 3.05) is 12.4 Å². The zero-order chi connectivity index (χ0) is 25.6. The van der Waals surface area contributed by atoms with Crippen LogP contribution in [0, 0.1) is 6.92 Å². The third-order valence-electron chi connectivity index (χ3n) is 5.75. The number of fused-ring (bicyclic) bond motifs is 2. The largest absolute Gasteiger partial charge is 0.489 e. The lowest BCUT2D eigenvalue weighted by molar-refractivity contribution is -0.156. The summed E-state index contributed by atoms with van der Waals surface area (Å²) < 4.78 is 41.4. The first-order chi connectivity index (χ1) is 17.1. The van der Waals surface area contributed by atoms with Crippen LogP contribution in [0.4, 0.5) is 0 Å². The predicted molar refractivity (Wildman–Crippen MR) is 129 cm³/mol. The van der Waals surface area contributed by atoms with Gasteiger partial charge in [0.25, 0.3) is 16.0 Å². The standard InChI is InChI=1S/C24H19NO9S2/c1-13-2-7-17(8-3-13)36(30,31)34-21-22(27)25-20(24(28)29)15(12-35-23(21)25)11-32-16-6-4-14-5-9-19(26)33-18(14)10-16/h2-10,21,23H,11-12H2,1H3,(H,28,29)/t21-,23+/m0/s1. The first kappa shape index (κ1) is 24.1. The van der Waals surface area contributed by atoms with E-state index in [0.29, 0.717) is 22.3 Å². The first-order valence-electron chi connectivity index (χ1n) is 10.7. The van der Waals surface area contributed by atoms with E-state index in [1.54, 1.807) is 30.3 Å². The highest BCUT2D eigenvalue weighted by atomic mass is 32.2. The molecule has 0 spiro atoms. The summed E-state index contributed by atoms with van der Waals surface area (Å²) in [6.07, 6.45) is -1.33. The molecule has 2 aliphatic rings. The Morgan fingerprint density at radius 2 is 1.86 bits per heavy atom. The van der Waals surface area contributed by atoms with E-state index in [9.17, 15) is 27.9 Å². The van der Waals surface area contributed by atoms with E-state index in [4.69, 9.17) is 13.3 Å². The number of carboxylic acid groups (broad SMARTS) is 1.